The van der Waals surface area contributed by atoms with Gasteiger partial charge in [0.2, 0.25) is 0 Å². The molecule has 7 heteroatoms. The molecule has 0 aliphatic heterocycles. The lowest BCUT2D eigenvalue weighted by atomic mass is 10.2. The van der Waals surface area contributed by atoms with Crippen LogP contribution in [0.2, 0.25) is 0 Å². The Balaban J connectivity index is 2.49. The Kier molecular flexibility index (Phi) is 5.75. The number of nitrogens with zero attached hydrogens (tertiary/aromatic N) is 1. The number of esters is 1. The van der Waals surface area contributed by atoms with Crippen LogP contribution in [-0.4, -0.2) is 22.1 Å². The number of aromatic amines is 1. The number of carbonyl (C=O) groups is 1. The second kappa shape index (κ2) is 7.40. The first-order valence-electron chi connectivity index (χ1n) is 7.82. The number of aryl methyl sites for hydroxylation is 1. The molecule has 23 heavy (non-hydrogen) atoms. The predicted molar refractivity (Wildman–Crippen MR) is 95.8 cm³/mol. The van der Waals surface area contributed by atoms with Gasteiger partial charge in [0.1, 0.15) is 10.9 Å². The van der Waals surface area contributed by atoms with Gasteiger partial charge < -0.3 is 9.72 Å². The van der Waals surface area contributed by atoms with E-state index in [1.54, 1.807) is 0 Å². The minimum atomic E-state index is -0.695. The number of carbonyl (C=O) groups excluding carboxylic acids is 1. The zero-order chi connectivity index (χ0) is 17.1. The summed E-state index contributed by atoms with van der Waals surface area (Å²) in [6.45, 7) is 8.15. The second-order valence-electron chi connectivity index (χ2n) is 5.86. The van der Waals surface area contributed by atoms with Crippen molar-refractivity contribution in [2.75, 3.05) is 6.61 Å². The molecule has 1 N–H and O–H groups in total. The van der Waals surface area contributed by atoms with Crippen molar-refractivity contribution in [3.63, 3.8) is 0 Å². The van der Waals surface area contributed by atoms with Gasteiger partial charge in [-0.05, 0) is 37.0 Å². The van der Waals surface area contributed by atoms with Crippen LogP contribution in [0.15, 0.2) is 10.9 Å². The van der Waals surface area contributed by atoms with Gasteiger partial charge in [0.25, 0.3) is 5.56 Å². The van der Waals surface area contributed by atoms with E-state index < -0.39 is 12.0 Å². The average molecular weight is 354 g/mol. The number of nitrogens with one attached hydrogen (secondary N) is 1. The van der Waals surface area contributed by atoms with Gasteiger partial charge in [0, 0.05) is 4.88 Å². The smallest absolute Gasteiger partial charge is 0.329 e. The van der Waals surface area contributed by atoms with Gasteiger partial charge in [-0.25, -0.2) is 4.79 Å². The molecule has 0 aromatic carbocycles. The summed E-state index contributed by atoms with van der Waals surface area (Å²) >= 11 is 6.84. The highest BCUT2D eigenvalue weighted by molar-refractivity contribution is 7.71. The molecule has 1 atom stereocenters. The van der Waals surface area contributed by atoms with Crippen molar-refractivity contribution < 1.29 is 9.53 Å². The van der Waals surface area contributed by atoms with Crippen LogP contribution in [0.5, 0.6) is 0 Å². The van der Waals surface area contributed by atoms with Crippen LogP contribution in [0.4, 0.5) is 0 Å². The van der Waals surface area contributed by atoms with E-state index >= 15 is 0 Å². The van der Waals surface area contributed by atoms with Gasteiger partial charge in [-0.2, -0.15) is 0 Å². The number of hydrogen-bond donors (Lipinski definition) is 1. The van der Waals surface area contributed by atoms with E-state index in [1.165, 1.54) is 15.9 Å². The van der Waals surface area contributed by atoms with E-state index in [0.29, 0.717) is 18.4 Å². The van der Waals surface area contributed by atoms with Crippen LogP contribution in [0.25, 0.3) is 10.2 Å². The molecule has 0 spiro atoms. The molecular weight excluding hydrogens is 332 g/mol. The molecule has 0 fully saturated rings. The van der Waals surface area contributed by atoms with Crippen molar-refractivity contribution in [3.05, 3.63) is 26.1 Å². The van der Waals surface area contributed by atoms with Gasteiger partial charge in [0.05, 0.1) is 12.0 Å². The number of rotatable bonds is 6. The number of thiophene rings is 1. The van der Waals surface area contributed by atoms with E-state index in [1.807, 2.05) is 33.8 Å². The monoisotopic (exact) mass is 354 g/mol. The van der Waals surface area contributed by atoms with Crippen molar-refractivity contribution in [2.45, 2.75) is 46.6 Å². The van der Waals surface area contributed by atoms with Crippen molar-refractivity contribution >= 4 is 39.7 Å². The molecule has 2 rings (SSSR count). The normalized spacial score (nSPS) is 12.7. The Morgan fingerprint density at radius 3 is 2.70 bits per heavy atom. The standard InChI is InChI=1S/C16H22N2O3S2/c1-5-10-7-11-13(23-10)17-16(22)18(14(11)19)12(6-2)15(20)21-8-9(3)4/h7,9,12H,5-6,8H2,1-4H3,(H,17,22). The lowest BCUT2D eigenvalue weighted by Gasteiger charge is -2.18. The number of hydrogen-bond acceptors (Lipinski definition) is 5. The molecule has 0 aliphatic carbocycles. The number of fused-ring (bicyclic) bond motifs is 1. The molecule has 0 amide bonds. The van der Waals surface area contributed by atoms with E-state index in [0.717, 1.165) is 16.1 Å². The van der Waals surface area contributed by atoms with Crippen LogP contribution >= 0.6 is 23.6 Å². The van der Waals surface area contributed by atoms with Crippen LogP contribution in [0.1, 0.15) is 45.0 Å². The SMILES string of the molecule is CCc1cc2c(=O)n(C(CC)C(=O)OCC(C)C)c(=S)[nH]c2s1. The third-order valence-electron chi connectivity index (χ3n) is 3.55. The molecule has 0 radical (unpaired) electrons. The first kappa shape index (κ1) is 17.9. The molecule has 2 aromatic rings. The van der Waals surface area contributed by atoms with Gasteiger partial charge in [0.15, 0.2) is 4.77 Å². The lowest BCUT2D eigenvalue weighted by molar-refractivity contribution is -0.149. The Hall–Kier alpha value is -1.47. The molecule has 0 bridgehead atoms. The number of ether oxygens (including phenoxy) is 1. The fourth-order valence-electron chi connectivity index (χ4n) is 2.33. The van der Waals surface area contributed by atoms with Crippen molar-refractivity contribution in [3.8, 4) is 0 Å². The molecule has 0 saturated carbocycles. The van der Waals surface area contributed by atoms with Crippen molar-refractivity contribution in [2.24, 2.45) is 5.92 Å². The third-order valence-corrected chi connectivity index (χ3v) is 5.04. The zero-order valence-corrected chi connectivity index (χ0v) is 15.5. The minimum Gasteiger partial charge on any atom is -0.464 e. The first-order valence-corrected chi connectivity index (χ1v) is 9.05. The largest absolute Gasteiger partial charge is 0.464 e. The first-order chi connectivity index (χ1) is 10.9. The summed E-state index contributed by atoms with van der Waals surface area (Å²) in [6.07, 6.45) is 1.30. The summed E-state index contributed by atoms with van der Waals surface area (Å²) in [5.74, 6) is -0.165. The van der Waals surface area contributed by atoms with Crippen LogP contribution in [0, 0.1) is 10.7 Å². The Bertz CT molecular complexity index is 817. The predicted octanol–water partition coefficient (Wildman–Crippen LogP) is 3.83. The van der Waals surface area contributed by atoms with E-state index in [-0.39, 0.29) is 16.2 Å². The Morgan fingerprint density at radius 2 is 2.13 bits per heavy atom. The van der Waals surface area contributed by atoms with Crippen molar-refractivity contribution in [1.82, 2.24) is 9.55 Å². The fourth-order valence-corrected chi connectivity index (χ4v) is 3.69. The maximum atomic E-state index is 12.8. The maximum Gasteiger partial charge on any atom is 0.329 e. The Labute approximate surface area is 144 Å². The molecule has 126 valence electrons. The number of H-pyrrole nitrogens is 1. The Morgan fingerprint density at radius 1 is 1.43 bits per heavy atom. The van der Waals surface area contributed by atoms with E-state index in [9.17, 15) is 9.59 Å². The third kappa shape index (κ3) is 3.72. The highest BCUT2D eigenvalue weighted by Crippen LogP contribution is 2.23. The second-order valence-corrected chi connectivity index (χ2v) is 7.39. The topological polar surface area (TPSA) is 64.1 Å². The summed E-state index contributed by atoms with van der Waals surface area (Å²) in [5, 5.41) is 0.579. The molecule has 5 nitrogen and oxygen atoms in total. The molecular formula is C16H22N2O3S2. The van der Waals surface area contributed by atoms with Gasteiger partial charge in [-0.1, -0.05) is 27.7 Å². The van der Waals surface area contributed by atoms with Crippen LogP contribution in [0.3, 0.4) is 0 Å². The van der Waals surface area contributed by atoms with Crippen LogP contribution < -0.4 is 5.56 Å². The summed E-state index contributed by atoms with van der Waals surface area (Å²) < 4.78 is 6.92. The lowest BCUT2D eigenvalue weighted by Crippen LogP contribution is -2.32. The highest BCUT2D eigenvalue weighted by atomic mass is 32.1. The van der Waals surface area contributed by atoms with Gasteiger partial charge in [-0.3, -0.25) is 9.36 Å². The number of aromatic nitrogens is 2. The van der Waals surface area contributed by atoms with Gasteiger partial charge >= 0.3 is 5.97 Å². The highest BCUT2D eigenvalue weighted by Gasteiger charge is 2.24. The average Bonchev–Trinajstić information content (AvgIpc) is 2.92. The summed E-state index contributed by atoms with van der Waals surface area (Å²) in [6, 6.07) is 1.18. The zero-order valence-electron chi connectivity index (χ0n) is 13.8. The molecule has 2 aromatic heterocycles. The van der Waals surface area contributed by atoms with Crippen LogP contribution in [-0.2, 0) is 16.0 Å². The molecule has 1 unspecified atom stereocenters. The molecule has 2 heterocycles. The molecule has 0 saturated heterocycles. The maximum absolute atomic E-state index is 12.8. The van der Waals surface area contributed by atoms with Crippen molar-refractivity contribution in [1.29, 1.82) is 0 Å². The summed E-state index contributed by atoms with van der Waals surface area (Å²) in [5.41, 5.74) is -0.229. The summed E-state index contributed by atoms with van der Waals surface area (Å²) in [7, 11) is 0. The van der Waals surface area contributed by atoms with E-state index in [4.69, 9.17) is 17.0 Å². The fraction of sp³-hybridized carbons (Fsp3) is 0.562. The van der Waals surface area contributed by atoms with Gasteiger partial charge in [-0.15, -0.1) is 11.3 Å². The quantitative estimate of drug-likeness (QED) is 0.632. The molecule has 0 aliphatic rings. The van der Waals surface area contributed by atoms with E-state index in [2.05, 4.69) is 4.98 Å². The minimum absolute atomic E-state index is 0.229. The summed E-state index contributed by atoms with van der Waals surface area (Å²) in [4.78, 5) is 30.1.